The lowest BCUT2D eigenvalue weighted by molar-refractivity contribution is 0.0956. The molecule has 0 aliphatic heterocycles. The molecule has 244 valence electrons. The van der Waals surface area contributed by atoms with Gasteiger partial charge >= 0.3 is 0 Å². The normalized spacial score (nSPS) is 12.0. The van der Waals surface area contributed by atoms with Gasteiger partial charge in [-0.05, 0) is 48.0 Å². The Morgan fingerprint density at radius 1 is 0.896 bits per heavy atom. The van der Waals surface area contributed by atoms with Crippen LogP contribution in [0, 0.1) is 0 Å². The van der Waals surface area contributed by atoms with Gasteiger partial charge in [0.2, 0.25) is 5.88 Å². The number of furan rings is 1. The van der Waals surface area contributed by atoms with E-state index in [1.807, 2.05) is 60.7 Å². The molecule has 0 spiro atoms. The van der Waals surface area contributed by atoms with Crippen molar-refractivity contribution in [3.05, 3.63) is 121 Å². The topological polar surface area (TPSA) is 166 Å². The number of hydrogen-bond acceptors (Lipinski definition) is 10. The zero-order valence-corrected chi connectivity index (χ0v) is 26.6. The molecule has 0 saturated carbocycles. The zero-order valence-electron chi connectivity index (χ0n) is 25.7. The molecule has 0 fully saturated rings. The van der Waals surface area contributed by atoms with Crippen LogP contribution in [0.1, 0.15) is 22.0 Å². The van der Waals surface area contributed by atoms with E-state index in [4.69, 9.17) is 18.4 Å². The molecule has 3 aromatic heterocycles. The van der Waals surface area contributed by atoms with Gasteiger partial charge < -0.3 is 24.5 Å². The van der Waals surface area contributed by atoms with Gasteiger partial charge in [0.05, 0.1) is 31.3 Å². The highest BCUT2D eigenvalue weighted by atomic mass is 32.2. The maximum absolute atomic E-state index is 12.4. The third-order valence-electron chi connectivity index (χ3n) is 7.41. The number of nitrogens with one attached hydrogen (secondary N) is 2. The van der Waals surface area contributed by atoms with Crippen LogP contribution in [0.5, 0.6) is 11.6 Å². The number of methoxy groups -OCH3 is 1. The minimum Gasteiger partial charge on any atom is -0.494 e. The van der Waals surface area contributed by atoms with E-state index in [9.17, 15) is 13.2 Å². The number of para-hydroxylation sites is 1. The molecule has 0 bridgehead atoms. The van der Waals surface area contributed by atoms with Crippen molar-refractivity contribution in [2.75, 3.05) is 31.3 Å². The average molecular weight is 666 g/mol. The summed E-state index contributed by atoms with van der Waals surface area (Å²) in [5.74, 6) is 1.24. The number of benzene rings is 3. The van der Waals surface area contributed by atoms with E-state index in [-0.39, 0.29) is 19.2 Å². The number of nitrogens with zero attached hydrogens (tertiary/aromatic N) is 3. The van der Waals surface area contributed by atoms with Gasteiger partial charge in [0.15, 0.2) is 11.6 Å². The quantitative estimate of drug-likeness (QED) is 0.127. The van der Waals surface area contributed by atoms with Crippen LogP contribution in [-0.2, 0) is 10.1 Å². The largest absolute Gasteiger partial charge is 0.494 e. The van der Waals surface area contributed by atoms with Crippen molar-refractivity contribution in [1.29, 1.82) is 0 Å². The molecule has 13 heteroatoms. The van der Waals surface area contributed by atoms with Gasteiger partial charge in [0.1, 0.15) is 18.0 Å². The lowest BCUT2D eigenvalue weighted by atomic mass is 10.0. The van der Waals surface area contributed by atoms with E-state index in [0.717, 1.165) is 27.7 Å². The number of rotatable bonds is 13. The van der Waals surface area contributed by atoms with Crippen molar-refractivity contribution in [2.45, 2.75) is 6.04 Å². The maximum atomic E-state index is 12.4. The lowest BCUT2D eigenvalue weighted by Gasteiger charge is -2.21. The average Bonchev–Trinajstić information content (AvgIpc) is 3.55. The van der Waals surface area contributed by atoms with E-state index >= 15 is 0 Å². The number of amides is 1. The molecule has 0 saturated heterocycles. The highest BCUT2D eigenvalue weighted by Crippen LogP contribution is 2.29. The molecule has 3 aromatic carbocycles. The molecule has 12 nitrogen and oxygen atoms in total. The van der Waals surface area contributed by atoms with Crippen LogP contribution in [0.3, 0.4) is 0 Å². The summed E-state index contributed by atoms with van der Waals surface area (Å²) in [7, 11) is -2.61. The van der Waals surface area contributed by atoms with Crippen molar-refractivity contribution in [3.63, 3.8) is 0 Å². The SMILES string of the molecule is COc1cnc(-c2ccc([C@@H](COc3ccc(-c4cc5ccccc5o4)cn3)Nc3ccc(C(=O)NCCS(=O)(=O)O)cc3)cc2)nc1. The second kappa shape index (κ2) is 14.3. The summed E-state index contributed by atoms with van der Waals surface area (Å²) in [4.78, 5) is 25.7. The van der Waals surface area contributed by atoms with Crippen LogP contribution in [0.25, 0.3) is 33.7 Å². The fourth-order valence-electron chi connectivity index (χ4n) is 4.88. The Morgan fingerprint density at radius 2 is 1.62 bits per heavy atom. The van der Waals surface area contributed by atoms with Crippen LogP contribution in [0.15, 0.2) is 114 Å². The molecule has 3 N–H and O–H groups in total. The van der Waals surface area contributed by atoms with Gasteiger partial charge in [-0.2, -0.15) is 8.42 Å². The minimum absolute atomic E-state index is 0.206. The molecule has 0 aliphatic rings. The second-order valence-electron chi connectivity index (χ2n) is 10.7. The molecule has 1 amide bonds. The van der Waals surface area contributed by atoms with E-state index in [2.05, 4.69) is 25.6 Å². The third kappa shape index (κ3) is 8.13. The van der Waals surface area contributed by atoms with Gasteiger partial charge in [-0.1, -0.05) is 42.5 Å². The van der Waals surface area contributed by atoms with Gasteiger partial charge in [0.25, 0.3) is 16.0 Å². The van der Waals surface area contributed by atoms with Gasteiger partial charge in [-0.25, -0.2) is 15.0 Å². The van der Waals surface area contributed by atoms with Gasteiger partial charge in [-0.3, -0.25) is 9.35 Å². The molecule has 0 aliphatic carbocycles. The monoisotopic (exact) mass is 665 g/mol. The standard InChI is InChI=1S/C35H31N5O7S/c1-45-29-20-38-34(39-21-29)24-8-6-23(7-9-24)30(40-28-13-10-25(11-14-28)35(41)36-16-17-48(42,43)44)22-46-33-15-12-27(19-37-33)32-18-26-4-2-3-5-31(26)47-32/h2-15,18-21,30,40H,16-17,22H2,1H3,(H,36,41)(H,42,43,44)/t30-/m1/s1. The molecule has 6 aromatic rings. The van der Waals surface area contributed by atoms with Crippen molar-refractivity contribution in [3.8, 4) is 34.3 Å². The Kier molecular flexibility index (Phi) is 9.60. The zero-order chi connectivity index (χ0) is 33.5. The Bertz CT molecular complexity index is 2070. The van der Waals surface area contributed by atoms with Crippen LogP contribution in [0.4, 0.5) is 5.69 Å². The summed E-state index contributed by atoms with van der Waals surface area (Å²) in [6, 6.07) is 27.6. The van der Waals surface area contributed by atoms with Gasteiger partial charge in [0, 0.05) is 46.6 Å². The summed E-state index contributed by atoms with van der Waals surface area (Å²) in [6.07, 6.45) is 4.93. The number of aromatic nitrogens is 3. The maximum Gasteiger partial charge on any atom is 0.266 e. The highest BCUT2D eigenvalue weighted by molar-refractivity contribution is 7.85. The Hall–Kier alpha value is -5.79. The minimum atomic E-state index is -4.17. The molecule has 0 unspecified atom stereocenters. The first-order valence-corrected chi connectivity index (χ1v) is 16.5. The Morgan fingerprint density at radius 3 is 2.29 bits per heavy atom. The Balaban J connectivity index is 1.17. The number of carbonyl (C=O) groups is 1. The van der Waals surface area contributed by atoms with Gasteiger partial charge in [-0.15, -0.1) is 0 Å². The summed E-state index contributed by atoms with van der Waals surface area (Å²) < 4.78 is 48.0. The van der Waals surface area contributed by atoms with Crippen LogP contribution >= 0.6 is 0 Å². The smallest absolute Gasteiger partial charge is 0.266 e. The fraction of sp³-hybridized carbons (Fsp3) is 0.143. The third-order valence-corrected chi connectivity index (χ3v) is 8.13. The number of anilines is 1. The van der Waals surface area contributed by atoms with Crippen molar-refractivity contribution in [2.24, 2.45) is 0 Å². The summed E-state index contributed by atoms with van der Waals surface area (Å²) in [5.41, 5.74) is 4.42. The predicted octanol–water partition coefficient (Wildman–Crippen LogP) is 5.81. The first-order valence-electron chi connectivity index (χ1n) is 14.9. The summed E-state index contributed by atoms with van der Waals surface area (Å²) in [5, 5.41) is 6.95. The number of fused-ring (bicyclic) bond motifs is 1. The van der Waals surface area contributed by atoms with E-state index < -0.39 is 21.8 Å². The van der Waals surface area contributed by atoms with E-state index in [1.54, 1.807) is 56.0 Å². The summed E-state index contributed by atoms with van der Waals surface area (Å²) in [6.45, 7) is 0.00910. The molecule has 6 rings (SSSR count). The molecular weight excluding hydrogens is 634 g/mol. The van der Waals surface area contributed by atoms with Crippen molar-refractivity contribution < 1.29 is 31.7 Å². The van der Waals surface area contributed by atoms with E-state index in [1.165, 1.54) is 0 Å². The van der Waals surface area contributed by atoms with Crippen LogP contribution < -0.4 is 20.1 Å². The molecule has 0 radical (unpaired) electrons. The molecule has 48 heavy (non-hydrogen) atoms. The first kappa shape index (κ1) is 32.2. The molecule has 3 heterocycles. The number of pyridine rings is 1. The summed E-state index contributed by atoms with van der Waals surface area (Å²) >= 11 is 0. The number of carbonyl (C=O) groups excluding carboxylic acids is 1. The number of ether oxygens (including phenoxy) is 2. The van der Waals surface area contributed by atoms with Crippen LogP contribution in [-0.4, -0.2) is 59.8 Å². The second-order valence-corrected chi connectivity index (χ2v) is 12.3. The van der Waals surface area contributed by atoms with Crippen LogP contribution in [0.2, 0.25) is 0 Å². The number of hydrogen-bond donors (Lipinski definition) is 3. The molecule has 1 atom stereocenters. The molecular formula is C35H31N5O7S. The predicted molar refractivity (Wildman–Crippen MR) is 181 cm³/mol. The first-order chi connectivity index (χ1) is 23.2. The lowest BCUT2D eigenvalue weighted by Crippen LogP contribution is -2.28. The van der Waals surface area contributed by atoms with E-state index in [0.29, 0.717) is 34.5 Å². The Labute approximate surface area is 276 Å². The highest BCUT2D eigenvalue weighted by Gasteiger charge is 2.16. The fourth-order valence-corrected chi connectivity index (χ4v) is 5.24. The van der Waals surface area contributed by atoms with Crippen molar-refractivity contribution in [1.82, 2.24) is 20.3 Å². The van der Waals surface area contributed by atoms with Crippen molar-refractivity contribution >= 4 is 32.7 Å².